The Balaban J connectivity index is 1.39. The molecule has 0 amide bonds. The Kier molecular flexibility index (Phi) is 4.21. The molecule has 32 heavy (non-hydrogen) atoms. The number of aromatic amines is 2. The second kappa shape index (κ2) is 7.12. The Hall–Kier alpha value is -3.80. The maximum Gasteiger partial charge on any atom is 0.440 e. The lowest BCUT2D eigenvalue weighted by Gasteiger charge is -2.39. The second-order valence-electron chi connectivity index (χ2n) is 8.34. The highest BCUT2D eigenvalue weighted by Crippen LogP contribution is 2.42. The molecule has 12 heteroatoms. The van der Waals surface area contributed by atoms with Crippen molar-refractivity contribution in [2.75, 3.05) is 0 Å². The maximum atomic E-state index is 12.6. The van der Waals surface area contributed by atoms with Gasteiger partial charge in [0, 0.05) is 30.9 Å². The van der Waals surface area contributed by atoms with Gasteiger partial charge in [-0.1, -0.05) is 6.07 Å². The van der Waals surface area contributed by atoms with Crippen LogP contribution in [0.1, 0.15) is 37.4 Å². The summed E-state index contributed by atoms with van der Waals surface area (Å²) >= 11 is 0. The number of rotatable bonds is 4. The smallest absolute Gasteiger partial charge is 0.313 e. The number of nitrogens with zero attached hydrogens (tertiary/aromatic N) is 6. The van der Waals surface area contributed by atoms with Crippen LogP contribution in [0.15, 0.2) is 49.6 Å². The van der Waals surface area contributed by atoms with Crippen LogP contribution in [0.25, 0.3) is 17.1 Å². The first-order valence-corrected chi connectivity index (χ1v) is 10.5. The van der Waals surface area contributed by atoms with E-state index in [9.17, 15) is 14.4 Å². The molecule has 6 rings (SSSR count). The van der Waals surface area contributed by atoms with Gasteiger partial charge >= 0.3 is 11.4 Å². The summed E-state index contributed by atoms with van der Waals surface area (Å²) in [7, 11) is 0. The summed E-state index contributed by atoms with van der Waals surface area (Å²) in [6.45, 7) is 0.804. The third-order valence-corrected chi connectivity index (χ3v) is 6.58. The van der Waals surface area contributed by atoms with E-state index in [0.29, 0.717) is 17.7 Å². The lowest BCUT2D eigenvalue weighted by Crippen LogP contribution is -2.43. The zero-order valence-corrected chi connectivity index (χ0v) is 17.0. The van der Waals surface area contributed by atoms with E-state index in [1.165, 1.54) is 0 Å². The molecular weight excluding hydrogens is 416 g/mol. The number of aromatic nitrogens is 7. The molecule has 2 aliphatic rings. The summed E-state index contributed by atoms with van der Waals surface area (Å²) in [4.78, 5) is 52.4. The quantitative estimate of drug-likeness (QED) is 0.465. The molecule has 0 radical (unpaired) electrons. The molecule has 2 fully saturated rings. The molecule has 2 bridgehead atoms. The van der Waals surface area contributed by atoms with Crippen molar-refractivity contribution in [2.24, 2.45) is 0 Å². The van der Waals surface area contributed by atoms with Gasteiger partial charge in [0.25, 0.3) is 11.5 Å². The Labute approximate surface area is 179 Å². The van der Waals surface area contributed by atoms with E-state index in [4.69, 9.17) is 0 Å². The van der Waals surface area contributed by atoms with Crippen molar-refractivity contribution in [1.82, 2.24) is 39.1 Å². The lowest BCUT2D eigenvalue weighted by atomic mass is 9.96. The molecule has 2 unspecified atom stereocenters. The second-order valence-corrected chi connectivity index (χ2v) is 8.34. The Morgan fingerprint density at radius 3 is 2.53 bits per heavy atom. The molecule has 2 atom stereocenters. The van der Waals surface area contributed by atoms with Crippen LogP contribution in [-0.2, 0) is 6.54 Å². The molecule has 0 spiro atoms. The van der Waals surface area contributed by atoms with Crippen LogP contribution in [0.4, 0.5) is 0 Å². The number of hydrogen-bond donors (Lipinski definition) is 2. The van der Waals surface area contributed by atoms with Crippen molar-refractivity contribution < 1.29 is 4.52 Å². The average Bonchev–Trinajstić information content (AvgIpc) is 3.46. The topological polar surface area (TPSA) is 148 Å². The van der Waals surface area contributed by atoms with E-state index >= 15 is 0 Å². The van der Waals surface area contributed by atoms with Crippen LogP contribution in [0.5, 0.6) is 0 Å². The molecule has 6 heterocycles. The first-order valence-electron chi connectivity index (χ1n) is 10.5. The van der Waals surface area contributed by atoms with Gasteiger partial charge in [-0.05, 0) is 43.0 Å². The van der Waals surface area contributed by atoms with Crippen LogP contribution >= 0.6 is 0 Å². The number of nitrogens with one attached hydrogen (secondary N) is 2. The number of pyridine rings is 1. The molecule has 0 aliphatic carbocycles. The average molecular weight is 436 g/mol. The molecule has 2 N–H and O–H groups in total. The fourth-order valence-corrected chi connectivity index (χ4v) is 5.24. The van der Waals surface area contributed by atoms with Gasteiger partial charge in [0.15, 0.2) is 11.2 Å². The number of piperidine rings is 1. The summed E-state index contributed by atoms with van der Waals surface area (Å²) in [5.74, 6) is -0.892. The predicted octanol–water partition coefficient (Wildman–Crippen LogP) is 0.315. The Morgan fingerprint density at radius 1 is 1.03 bits per heavy atom. The number of hydrogen-bond acceptors (Lipinski definition) is 8. The number of fused-ring (bicyclic) bond motifs is 3. The zero-order chi connectivity index (χ0) is 21.8. The lowest BCUT2D eigenvalue weighted by molar-refractivity contribution is 0.0989. The first-order chi connectivity index (χ1) is 15.6. The van der Waals surface area contributed by atoms with Gasteiger partial charge in [-0.15, -0.1) is 0 Å². The third kappa shape index (κ3) is 2.94. The molecule has 4 aromatic heterocycles. The van der Waals surface area contributed by atoms with Gasteiger partial charge in [0.2, 0.25) is 0 Å². The molecule has 12 nitrogen and oxygen atoms in total. The van der Waals surface area contributed by atoms with Crippen molar-refractivity contribution >= 4 is 11.2 Å². The van der Waals surface area contributed by atoms with E-state index in [0.717, 1.165) is 42.5 Å². The molecule has 0 aromatic carbocycles. The highest BCUT2D eigenvalue weighted by atomic mass is 16.5. The van der Waals surface area contributed by atoms with Crippen molar-refractivity contribution in [3.63, 3.8) is 0 Å². The summed E-state index contributed by atoms with van der Waals surface area (Å²) in [6.07, 6.45) is 7.28. The van der Waals surface area contributed by atoms with Crippen LogP contribution < -0.4 is 17.0 Å². The normalized spacial score (nSPS) is 23.2. The van der Waals surface area contributed by atoms with E-state index in [1.54, 1.807) is 6.33 Å². The summed E-state index contributed by atoms with van der Waals surface area (Å²) < 4.78 is 7.57. The summed E-state index contributed by atoms with van der Waals surface area (Å²) in [6, 6.07) is 6.73. The Bertz CT molecular complexity index is 1450. The number of imidazole rings is 1. The fourth-order valence-electron chi connectivity index (χ4n) is 5.24. The fraction of sp³-hybridized carbons (Fsp3) is 0.400. The Morgan fingerprint density at radius 2 is 1.84 bits per heavy atom. The monoisotopic (exact) mass is 436 g/mol. The van der Waals surface area contributed by atoms with Gasteiger partial charge in [0.05, 0.1) is 12.0 Å². The van der Waals surface area contributed by atoms with Crippen LogP contribution in [0, 0.1) is 0 Å². The van der Waals surface area contributed by atoms with Crippen LogP contribution in [-0.4, -0.2) is 51.2 Å². The maximum absolute atomic E-state index is 12.6. The standard InChI is InChI=1S/C20H20N8O4/c29-16-15-17(28(19(30)23-16)18-24-20(31)32-25-18)27(10-22-15)14-7-12-4-5-13(8-14)26(12)9-11-3-1-2-6-21-11/h1-3,6,10,12-14H,4-5,7-9H2,(H,23,29,30)(H,24,25,31). The van der Waals surface area contributed by atoms with Crippen molar-refractivity contribution in [2.45, 2.75) is 50.4 Å². The number of H-pyrrole nitrogens is 2. The zero-order valence-electron chi connectivity index (χ0n) is 17.0. The van der Waals surface area contributed by atoms with E-state index < -0.39 is 17.0 Å². The minimum Gasteiger partial charge on any atom is -0.313 e. The van der Waals surface area contributed by atoms with Crippen molar-refractivity contribution in [3.8, 4) is 5.95 Å². The van der Waals surface area contributed by atoms with Crippen molar-refractivity contribution in [3.05, 3.63) is 67.8 Å². The highest BCUT2D eigenvalue weighted by Gasteiger charge is 2.42. The molecule has 2 saturated heterocycles. The van der Waals surface area contributed by atoms with Gasteiger partial charge in [0.1, 0.15) is 0 Å². The molecule has 0 saturated carbocycles. The van der Waals surface area contributed by atoms with Gasteiger partial charge in [-0.3, -0.25) is 29.2 Å². The largest absolute Gasteiger partial charge is 0.440 e. The highest BCUT2D eigenvalue weighted by molar-refractivity contribution is 5.71. The predicted molar refractivity (Wildman–Crippen MR) is 111 cm³/mol. The van der Waals surface area contributed by atoms with E-state index in [1.807, 2.05) is 29.0 Å². The molecule has 4 aromatic rings. The molecule has 2 aliphatic heterocycles. The minimum atomic E-state index is -0.793. The molecular formula is C20H20N8O4. The SMILES string of the molecule is O=c1[nH]c(-n2c(=O)[nH]c(=O)c3ncn(C4CC5CCC(C4)N5Cc4ccccn4)c32)no1. The van der Waals surface area contributed by atoms with E-state index in [-0.39, 0.29) is 17.5 Å². The van der Waals surface area contributed by atoms with Gasteiger partial charge in [-0.2, -0.15) is 0 Å². The van der Waals surface area contributed by atoms with Crippen molar-refractivity contribution in [1.29, 1.82) is 0 Å². The summed E-state index contributed by atoms with van der Waals surface area (Å²) in [5.41, 5.74) is 0.152. The van der Waals surface area contributed by atoms with E-state index in [2.05, 4.69) is 34.5 Å². The van der Waals surface area contributed by atoms with Gasteiger partial charge < -0.3 is 4.57 Å². The van der Waals surface area contributed by atoms with Crippen LogP contribution in [0.2, 0.25) is 0 Å². The third-order valence-electron chi connectivity index (χ3n) is 6.58. The van der Waals surface area contributed by atoms with Crippen LogP contribution in [0.3, 0.4) is 0 Å². The summed E-state index contributed by atoms with van der Waals surface area (Å²) in [5, 5.41) is 3.64. The first kappa shape index (κ1) is 18.9. The minimum absolute atomic E-state index is 0.0450. The van der Waals surface area contributed by atoms with Gasteiger partial charge in [-0.25, -0.2) is 19.1 Å². The molecule has 164 valence electrons.